The van der Waals surface area contributed by atoms with Gasteiger partial charge in [-0.2, -0.15) is 0 Å². The van der Waals surface area contributed by atoms with Crippen LogP contribution >= 0.6 is 11.8 Å². The fourth-order valence-electron chi connectivity index (χ4n) is 5.80. The van der Waals surface area contributed by atoms with Crippen LogP contribution in [-0.2, 0) is 56.0 Å². The molecule has 2 aromatic heterocycles. The Morgan fingerprint density at radius 2 is 1.45 bits per heavy atom. The van der Waals surface area contributed by atoms with Gasteiger partial charge in [0.1, 0.15) is 24.7 Å². The second-order valence-electron chi connectivity index (χ2n) is 13.9. The maximum absolute atomic E-state index is 13.4. The van der Waals surface area contributed by atoms with Crippen molar-refractivity contribution in [2.24, 2.45) is 17.4 Å². The molecule has 0 radical (unpaired) electrons. The number of imidazole rings is 1. The minimum atomic E-state index is -1.16. The van der Waals surface area contributed by atoms with Crippen LogP contribution in [0.1, 0.15) is 25.1 Å². The van der Waals surface area contributed by atoms with Crippen molar-refractivity contribution in [3.8, 4) is 0 Å². The van der Waals surface area contributed by atoms with Gasteiger partial charge in [0.25, 0.3) is 0 Å². The summed E-state index contributed by atoms with van der Waals surface area (Å²) in [5.41, 5.74) is 12.5. The van der Waals surface area contributed by atoms with Gasteiger partial charge in [-0.05, 0) is 23.8 Å². The molecule has 326 valence electrons. The molecule has 3 rings (SSSR count). The van der Waals surface area contributed by atoms with Crippen molar-refractivity contribution >= 4 is 75.8 Å². The molecule has 2 unspecified atom stereocenters. The molecule has 0 aliphatic carbocycles. The number of carbonyl (C=O) groups is 9. The third-order valence-electron chi connectivity index (χ3n) is 9.01. The van der Waals surface area contributed by atoms with Gasteiger partial charge >= 0.3 is 0 Å². The molecule has 2 heterocycles. The standard InChI is InChI=1S/C37H53N13O9S/c1-21(2)34(48-31(54)15-43-35(57)26(47-30(53)14-42-29(52)11-38)9-22-12-41-25-8-6-5-7-24(22)25)37(59)45-16-32(55)49(3)27(10-23-13-40-19-46-23)36(58)44-17-33(56)50(20-60-4)18-28(39)51/h5-8,12-13,19,21,26-27,34,41H,9-11,14-18,20,38H2,1-4H3,(H2,39,51)(H,40,46)(H,42,52)(H,43,57)(H,44,58)(H,45,59)(H,47,53)(H,48,54)/t26-,27?,34?/m0/s1. The van der Waals surface area contributed by atoms with Crippen LogP contribution in [0.25, 0.3) is 10.9 Å². The van der Waals surface area contributed by atoms with Gasteiger partial charge in [0, 0.05) is 48.9 Å². The molecule has 60 heavy (non-hydrogen) atoms. The average Bonchev–Trinajstić information content (AvgIpc) is 3.90. The van der Waals surface area contributed by atoms with Gasteiger partial charge in [0.2, 0.25) is 53.2 Å². The van der Waals surface area contributed by atoms with Crippen LogP contribution in [0.2, 0.25) is 0 Å². The summed E-state index contributed by atoms with van der Waals surface area (Å²) in [6, 6.07) is 3.86. The number of hydrogen-bond acceptors (Lipinski definition) is 12. The zero-order valence-corrected chi connectivity index (χ0v) is 34.6. The number of nitrogens with two attached hydrogens (primary N) is 2. The molecule has 22 nitrogen and oxygen atoms in total. The first-order valence-electron chi connectivity index (χ1n) is 18.8. The van der Waals surface area contributed by atoms with Crippen LogP contribution in [0.5, 0.6) is 0 Å². The first-order valence-corrected chi connectivity index (χ1v) is 20.1. The largest absolute Gasteiger partial charge is 0.368 e. The molecule has 9 amide bonds. The van der Waals surface area contributed by atoms with Gasteiger partial charge in [0.05, 0.1) is 44.9 Å². The highest BCUT2D eigenvalue weighted by molar-refractivity contribution is 7.98. The Hall–Kier alpha value is -6.49. The number of nitrogens with zero attached hydrogens (tertiary/aromatic N) is 3. The summed E-state index contributed by atoms with van der Waals surface area (Å²) in [7, 11) is 1.35. The Morgan fingerprint density at radius 1 is 0.800 bits per heavy atom. The van der Waals surface area contributed by atoms with Crippen LogP contribution in [0.3, 0.4) is 0 Å². The van der Waals surface area contributed by atoms with Crippen molar-refractivity contribution in [1.82, 2.24) is 56.7 Å². The summed E-state index contributed by atoms with van der Waals surface area (Å²) in [4.78, 5) is 127. The summed E-state index contributed by atoms with van der Waals surface area (Å²) >= 11 is 1.28. The highest BCUT2D eigenvalue weighted by atomic mass is 32.2. The molecule has 0 aliphatic heterocycles. The maximum Gasteiger partial charge on any atom is 0.243 e. The molecule has 3 atom stereocenters. The van der Waals surface area contributed by atoms with Crippen molar-refractivity contribution < 1.29 is 43.2 Å². The number of aromatic nitrogens is 3. The van der Waals surface area contributed by atoms with E-state index in [4.69, 9.17) is 11.5 Å². The van der Waals surface area contributed by atoms with Gasteiger partial charge in [-0.3, -0.25) is 43.2 Å². The first kappa shape index (κ1) is 47.9. The predicted molar refractivity (Wildman–Crippen MR) is 220 cm³/mol. The Balaban J connectivity index is 1.62. The number of benzene rings is 1. The van der Waals surface area contributed by atoms with Crippen LogP contribution in [-0.4, -0.2) is 154 Å². The van der Waals surface area contributed by atoms with Crippen molar-refractivity contribution in [3.05, 3.63) is 54.2 Å². The Bertz CT molecular complexity index is 1990. The number of H-pyrrole nitrogens is 2. The topological polar surface area (TPSA) is 329 Å². The molecule has 0 saturated carbocycles. The van der Waals surface area contributed by atoms with Gasteiger partial charge < -0.3 is 63.1 Å². The molecule has 0 bridgehead atoms. The number of carbonyl (C=O) groups excluding carboxylic acids is 9. The summed E-state index contributed by atoms with van der Waals surface area (Å²) in [6.45, 7) is 0.573. The second kappa shape index (κ2) is 23.8. The van der Waals surface area contributed by atoms with Gasteiger partial charge in [0.15, 0.2) is 0 Å². The fourth-order valence-corrected chi connectivity index (χ4v) is 6.35. The van der Waals surface area contributed by atoms with E-state index in [1.807, 2.05) is 24.3 Å². The average molecular weight is 856 g/mol. The Labute approximate surface area is 349 Å². The number of fused-ring (bicyclic) bond motifs is 1. The lowest BCUT2D eigenvalue weighted by Gasteiger charge is -2.28. The summed E-state index contributed by atoms with van der Waals surface area (Å²) < 4.78 is 0. The van der Waals surface area contributed by atoms with Gasteiger partial charge in [-0.25, -0.2) is 4.98 Å². The lowest BCUT2D eigenvalue weighted by atomic mass is 10.0. The van der Waals surface area contributed by atoms with E-state index in [9.17, 15) is 43.2 Å². The van der Waals surface area contributed by atoms with E-state index in [1.54, 1.807) is 26.3 Å². The van der Waals surface area contributed by atoms with E-state index in [2.05, 4.69) is 46.9 Å². The number of nitrogens with one attached hydrogen (secondary N) is 8. The molecular formula is C37H53N13O9S. The summed E-state index contributed by atoms with van der Waals surface area (Å²) in [5, 5.41) is 15.8. The quantitative estimate of drug-likeness (QED) is 0.0388. The number of rotatable bonds is 24. The second-order valence-corrected chi connectivity index (χ2v) is 14.7. The maximum atomic E-state index is 13.4. The summed E-state index contributed by atoms with van der Waals surface area (Å²) in [6.07, 6.45) is 6.28. The Kier molecular flexibility index (Phi) is 19.0. The van der Waals surface area contributed by atoms with Gasteiger partial charge in [-0.1, -0.05) is 32.0 Å². The molecule has 0 saturated heterocycles. The van der Waals surface area contributed by atoms with Crippen LogP contribution in [0.4, 0.5) is 0 Å². The van der Waals surface area contributed by atoms with Crippen LogP contribution < -0.4 is 43.4 Å². The minimum absolute atomic E-state index is 0.0282. The summed E-state index contributed by atoms with van der Waals surface area (Å²) in [5.74, 6) is -6.41. The monoisotopic (exact) mass is 855 g/mol. The normalized spacial score (nSPS) is 12.4. The number of primary amides is 1. The van der Waals surface area contributed by atoms with E-state index in [-0.39, 0.29) is 31.8 Å². The zero-order chi connectivity index (χ0) is 44.4. The van der Waals surface area contributed by atoms with E-state index in [0.29, 0.717) is 11.3 Å². The van der Waals surface area contributed by atoms with Crippen molar-refractivity contribution in [3.63, 3.8) is 0 Å². The van der Waals surface area contributed by atoms with Crippen molar-refractivity contribution in [2.75, 3.05) is 58.4 Å². The predicted octanol–water partition coefficient (Wildman–Crippen LogP) is -3.81. The Morgan fingerprint density at radius 3 is 2.10 bits per heavy atom. The number of para-hydroxylation sites is 1. The molecule has 23 heteroatoms. The smallest absolute Gasteiger partial charge is 0.243 e. The van der Waals surface area contributed by atoms with Gasteiger partial charge in [-0.15, -0.1) is 11.8 Å². The van der Waals surface area contributed by atoms with Crippen molar-refractivity contribution in [2.45, 2.75) is 44.8 Å². The van der Waals surface area contributed by atoms with E-state index < -0.39 is 103 Å². The number of aromatic amines is 2. The molecular weight excluding hydrogens is 803 g/mol. The minimum Gasteiger partial charge on any atom is -0.368 e. The molecule has 0 aliphatic rings. The molecule has 0 fully saturated rings. The number of hydrogen-bond donors (Lipinski definition) is 10. The first-order chi connectivity index (χ1) is 28.5. The molecule has 1 aromatic carbocycles. The lowest BCUT2D eigenvalue weighted by Crippen LogP contribution is -2.56. The van der Waals surface area contributed by atoms with Crippen LogP contribution in [0, 0.1) is 5.92 Å². The SMILES string of the molecule is CSCN(CC(N)=O)C(=O)CNC(=O)C(Cc1cnc[nH]1)N(C)C(=O)CNC(=O)C(NC(=O)CNC(=O)[C@H](Cc1c[nH]c2ccccc12)NC(=O)CNC(=O)CN)C(C)C. The van der Waals surface area contributed by atoms with E-state index in [1.165, 1.54) is 36.2 Å². The number of likely N-dealkylation sites (N-methyl/N-ethyl adjacent to an activating group) is 1. The van der Waals surface area contributed by atoms with Crippen LogP contribution in [0.15, 0.2) is 43.0 Å². The third kappa shape index (κ3) is 15.0. The molecule has 0 spiro atoms. The van der Waals surface area contributed by atoms with E-state index in [0.717, 1.165) is 15.8 Å². The molecule has 3 aromatic rings. The highest BCUT2D eigenvalue weighted by Crippen LogP contribution is 2.19. The van der Waals surface area contributed by atoms with E-state index >= 15 is 0 Å². The molecule has 12 N–H and O–H groups in total. The fraction of sp³-hybridized carbons (Fsp3) is 0.459. The highest BCUT2D eigenvalue weighted by Gasteiger charge is 2.31. The number of thioether (sulfide) groups is 1. The van der Waals surface area contributed by atoms with Crippen molar-refractivity contribution in [1.29, 1.82) is 0 Å². The number of amides is 9. The third-order valence-corrected chi connectivity index (χ3v) is 9.58. The lowest BCUT2D eigenvalue weighted by molar-refractivity contribution is -0.140. The zero-order valence-electron chi connectivity index (χ0n) is 33.8.